The van der Waals surface area contributed by atoms with Gasteiger partial charge in [0, 0.05) is 0 Å². The van der Waals surface area contributed by atoms with Crippen molar-refractivity contribution in [2.75, 3.05) is 0 Å². The van der Waals surface area contributed by atoms with E-state index in [-0.39, 0.29) is 29.6 Å². The Bertz CT molecular complexity index is 71.5. The molecule has 0 radical (unpaired) electrons. The van der Waals surface area contributed by atoms with Crippen molar-refractivity contribution in [3.63, 3.8) is 0 Å². The molecule has 0 aliphatic rings. The zero-order chi connectivity index (χ0) is 6.78. The molecule has 3 heteroatoms. The van der Waals surface area contributed by atoms with Gasteiger partial charge in [-0.3, -0.25) is 0 Å². The quantitative estimate of drug-likeness (QED) is 0.330. The molecule has 0 aromatic carbocycles. The predicted octanol–water partition coefficient (Wildman–Crippen LogP) is -2.89. The number of rotatable bonds is 2. The zero-order valence-corrected chi connectivity index (χ0v) is 8.64. The van der Waals surface area contributed by atoms with E-state index in [1.807, 2.05) is 6.92 Å². The SMILES string of the molecule is CCC(C)(C)C([O-])O.[Na+]. The molecule has 9 heavy (non-hydrogen) atoms. The molecule has 1 unspecified atom stereocenters. The van der Waals surface area contributed by atoms with E-state index >= 15 is 0 Å². The summed E-state index contributed by atoms with van der Waals surface area (Å²) in [7, 11) is 0. The third kappa shape index (κ3) is 4.34. The summed E-state index contributed by atoms with van der Waals surface area (Å²) in [5, 5.41) is 18.9. The second-order valence-electron chi connectivity index (χ2n) is 2.69. The smallest absolute Gasteiger partial charge is 0.831 e. The minimum atomic E-state index is -1.44. The van der Waals surface area contributed by atoms with Crippen LogP contribution >= 0.6 is 0 Å². The van der Waals surface area contributed by atoms with Crippen molar-refractivity contribution in [1.82, 2.24) is 0 Å². The Morgan fingerprint density at radius 1 is 1.56 bits per heavy atom. The molecule has 0 saturated heterocycles. The molecule has 0 spiro atoms. The van der Waals surface area contributed by atoms with Crippen molar-refractivity contribution < 1.29 is 39.8 Å². The molecule has 0 amide bonds. The average molecular weight is 140 g/mol. The Kier molecular flexibility index (Phi) is 6.56. The summed E-state index contributed by atoms with van der Waals surface area (Å²) in [4.78, 5) is 0. The molecule has 0 fully saturated rings. The fourth-order valence-corrected chi connectivity index (χ4v) is 0.175. The minimum absolute atomic E-state index is 0. The van der Waals surface area contributed by atoms with Crippen molar-refractivity contribution in [2.45, 2.75) is 33.5 Å². The standard InChI is InChI=1S/C6H13O2.Na/c1-4-6(2,3)5(7)8;/h5,7H,4H2,1-3H3;/q-1;+1. The van der Waals surface area contributed by atoms with Gasteiger partial charge >= 0.3 is 29.6 Å². The summed E-state index contributed by atoms with van der Waals surface area (Å²) >= 11 is 0. The van der Waals surface area contributed by atoms with Gasteiger partial charge in [0.25, 0.3) is 0 Å². The molecule has 2 nitrogen and oxygen atoms in total. The first kappa shape index (κ1) is 12.6. The number of aliphatic hydroxyl groups excluding tert-OH is 1. The van der Waals surface area contributed by atoms with Gasteiger partial charge in [-0.1, -0.05) is 20.8 Å². The van der Waals surface area contributed by atoms with Crippen molar-refractivity contribution in [2.24, 2.45) is 5.41 Å². The normalized spacial score (nSPS) is 14.3. The first-order valence-corrected chi connectivity index (χ1v) is 2.84. The van der Waals surface area contributed by atoms with Gasteiger partial charge in [0.15, 0.2) is 0 Å². The van der Waals surface area contributed by atoms with E-state index in [4.69, 9.17) is 5.11 Å². The zero-order valence-electron chi connectivity index (χ0n) is 6.64. The van der Waals surface area contributed by atoms with Crippen LogP contribution in [-0.4, -0.2) is 11.4 Å². The second-order valence-corrected chi connectivity index (χ2v) is 2.69. The van der Waals surface area contributed by atoms with E-state index < -0.39 is 11.7 Å². The van der Waals surface area contributed by atoms with Gasteiger partial charge in [-0.2, -0.15) is 0 Å². The Hall–Kier alpha value is 0.920. The van der Waals surface area contributed by atoms with Gasteiger partial charge in [0.05, 0.1) is 0 Å². The van der Waals surface area contributed by atoms with Crippen molar-refractivity contribution >= 4 is 0 Å². The van der Waals surface area contributed by atoms with Crippen LogP contribution in [0.15, 0.2) is 0 Å². The van der Waals surface area contributed by atoms with Gasteiger partial charge < -0.3 is 10.2 Å². The topological polar surface area (TPSA) is 43.3 Å². The average Bonchev–Trinajstić information content (AvgIpc) is 1.67. The molecule has 1 N–H and O–H groups in total. The third-order valence-electron chi connectivity index (χ3n) is 1.58. The Balaban J connectivity index is 0. The van der Waals surface area contributed by atoms with Crippen LogP contribution in [0.2, 0.25) is 0 Å². The molecule has 0 aromatic heterocycles. The molecule has 0 rings (SSSR count). The summed E-state index contributed by atoms with van der Waals surface area (Å²) in [5.41, 5.74) is -0.458. The van der Waals surface area contributed by atoms with Crippen LogP contribution in [-0.2, 0) is 0 Å². The van der Waals surface area contributed by atoms with Crippen molar-refractivity contribution in [3.8, 4) is 0 Å². The van der Waals surface area contributed by atoms with E-state index in [1.54, 1.807) is 13.8 Å². The van der Waals surface area contributed by atoms with E-state index in [9.17, 15) is 5.11 Å². The monoisotopic (exact) mass is 140 g/mol. The van der Waals surface area contributed by atoms with Crippen LogP contribution in [0, 0.1) is 5.41 Å². The first-order valence-electron chi connectivity index (χ1n) is 2.84. The number of hydrogen-bond acceptors (Lipinski definition) is 2. The summed E-state index contributed by atoms with van der Waals surface area (Å²) in [6, 6.07) is 0. The fraction of sp³-hybridized carbons (Fsp3) is 1.00. The second kappa shape index (κ2) is 4.69. The first-order chi connectivity index (χ1) is 3.50. The van der Waals surface area contributed by atoms with Crippen molar-refractivity contribution in [3.05, 3.63) is 0 Å². The van der Waals surface area contributed by atoms with Crippen LogP contribution in [0.5, 0.6) is 0 Å². The fourth-order valence-electron chi connectivity index (χ4n) is 0.175. The van der Waals surface area contributed by atoms with Crippen LogP contribution in [0.1, 0.15) is 27.2 Å². The molecule has 0 bridgehead atoms. The Morgan fingerprint density at radius 3 is 1.89 bits per heavy atom. The molecule has 0 saturated carbocycles. The van der Waals surface area contributed by atoms with Gasteiger partial charge in [0.1, 0.15) is 0 Å². The molecule has 0 aliphatic carbocycles. The molecule has 1 atom stereocenters. The van der Waals surface area contributed by atoms with E-state index in [2.05, 4.69) is 0 Å². The van der Waals surface area contributed by atoms with Crippen LogP contribution in [0.25, 0.3) is 0 Å². The van der Waals surface area contributed by atoms with Gasteiger partial charge in [-0.05, 0) is 18.1 Å². The van der Waals surface area contributed by atoms with E-state index in [1.165, 1.54) is 0 Å². The molecule has 0 aliphatic heterocycles. The molecule has 50 valence electrons. The maximum absolute atomic E-state index is 10.3. The van der Waals surface area contributed by atoms with Gasteiger partial charge in [0.2, 0.25) is 0 Å². The third-order valence-corrected chi connectivity index (χ3v) is 1.58. The Morgan fingerprint density at radius 2 is 1.89 bits per heavy atom. The van der Waals surface area contributed by atoms with Gasteiger partial charge in [-0.15, -0.1) is 0 Å². The van der Waals surface area contributed by atoms with Crippen LogP contribution in [0.3, 0.4) is 0 Å². The maximum Gasteiger partial charge on any atom is 1.00 e. The van der Waals surface area contributed by atoms with Crippen molar-refractivity contribution in [1.29, 1.82) is 0 Å². The van der Waals surface area contributed by atoms with Crippen LogP contribution in [0.4, 0.5) is 0 Å². The van der Waals surface area contributed by atoms with Crippen LogP contribution < -0.4 is 34.7 Å². The number of aliphatic hydroxyl groups is 1. The number of hydrogen-bond donors (Lipinski definition) is 1. The minimum Gasteiger partial charge on any atom is -0.831 e. The molecular formula is C6H13NaO2. The summed E-state index contributed by atoms with van der Waals surface area (Å²) in [6.45, 7) is 5.40. The van der Waals surface area contributed by atoms with E-state index in [0.717, 1.165) is 6.42 Å². The molecule has 0 heterocycles. The summed E-state index contributed by atoms with van der Waals surface area (Å²) in [5.74, 6) is 0. The van der Waals surface area contributed by atoms with Gasteiger partial charge in [-0.25, -0.2) is 0 Å². The molecular weight excluding hydrogens is 127 g/mol. The Labute approximate surface area is 78.6 Å². The summed E-state index contributed by atoms with van der Waals surface area (Å²) in [6.07, 6.45) is -0.718. The largest absolute Gasteiger partial charge is 1.00 e. The molecule has 0 aromatic rings. The van der Waals surface area contributed by atoms with E-state index in [0.29, 0.717) is 0 Å². The summed E-state index contributed by atoms with van der Waals surface area (Å²) < 4.78 is 0. The maximum atomic E-state index is 10.3. The predicted molar refractivity (Wildman–Crippen MR) is 30.1 cm³/mol.